The first-order valence-electron chi connectivity index (χ1n) is 4.22. The van der Waals surface area contributed by atoms with Gasteiger partial charge in [0.25, 0.3) is 0 Å². The number of hydrogen-bond acceptors (Lipinski definition) is 2. The van der Waals surface area contributed by atoms with Crippen molar-refractivity contribution in [2.45, 2.75) is 13.8 Å². The molecule has 13 heavy (non-hydrogen) atoms. The molecule has 0 saturated heterocycles. The van der Waals surface area contributed by atoms with Gasteiger partial charge in [-0.2, -0.15) is 0 Å². The molecule has 0 atom stereocenters. The molecule has 2 nitrogen and oxygen atoms in total. The Bertz CT molecular complexity index is 327. The Morgan fingerprint density at radius 3 is 2.62 bits per heavy atom. The van der Waals surface area contributed by atoms with E-state index in [-0.39, 0.29) is 12.4 Å². The molecule has 0 saturated carbocycles. The molecule has 2 N–H and O–H groups in total. The highest BCUT2D eigenvalue weighted by Gasteiger charge is 2.01. The SMILES string of the molecule is Cc1cc(C)c(O)c(/C=C\CO)c1. The Morgan fingerprint density at radius 1 is 1.31 bits per heavy atom. The monoisotopic (exact) mass is 178 g/mol. The van der Waals surface area contributed by atoms with E-state index in [2.05, 4.69) is 0 Å². The summed E-state index contributed by atoms with van der Waals surface area (Å²) in [6, 6.07) is 3.81. The van der Waals surface area contributed by atoms with Gasteiger partial charge in [-0.3, -0.25) is 0 Å². The van der Waals surface area contributed by atoms with Crippen molar-refractivity contribution in [3.63, 3.8) is 0 Å². The molecule has 0 aliphatic heterocycles. The lowest BCUT2D eigenvalue weighted by Gasteiger charge is -2.04. The minimum absolute atomic E-state index is 0.00751. The van der Waals surface area contributed by atoms with E-state index >= 15 is 0 Å². The number of aliphatic hydroxyl groups excluding tert-OH is 1. The molecule has 1 aromatic rings. The first kappa shape index (κ1) is 9.81. The second-order valence-corrected chi connectivity index (χ2v) is 3.10. The molecule has 0 heterocycles. The highest BCUT2D eigenvalue weighted by atomic mass is 16.3. The third-order valence-electron chi connectivity index (χ3n) is 1.88. The summed E-state index contributed by atoms with van der Waals surface area (Å²) in [6.07, 6.45) is 3.32. The molecule has 70 valence electrons. The van der Waals surface area contributed by atoms with Crippen LogP contribution in [0.25, 0.3) is 6.08 Å². The van der Waals surface area contributed by atoms with Crippen molar-refractivity contribution in [2.24, 2.45) is 0 Å². The van der Waals surface area contributed by atoms with Gasteiger partial charge in [-0.25, -0.2) is 0 Å². The van der Waals surface area contributed by atoms with Crippen LogP contribution < -0.4 is 0 Å². The number of rotatable bonds is 2. The fourth-order valence-corrected chi connectivity index (χ4v) is 1.30. The van der Waals surface area contributed by atoms with Gasteiger partial charge in [0.2, 0.25) is 0 Å². The van der Waals surface area contributed by atoms with Crippen LogP contribution in [-0.2, 0) is 0 Å². The normalized spacial score (nSPS) is 11.0. The van der Waals surface area contributed by atoms with Crippen LogP contribution in [0.15, 0.2) is 18.2 Å². The van der Waals surface area contributed by atoms with Gasteiger partial charge in [0.15, 0.2) is 0 Å². The van der Waals surface area contributed by atoms with Crippen molar-refractivity contribution in [3.8, 4) is 5.75 Å². The van der Waals surface area contributed by atoms with Gasteiger partial charge in [0.05, 0.1) is 6.61 Å². The molecule has 0 spiro atoms. The molecule has 2 heteroatoms. The largest absolute Gasteiger partial charge is 0.507 e. The van der Waals surface area contributed by atoms with Crippen LogP contribution in [0, 0.1) is 13.8 Å². The quantitative estimate of drug-likeness (QED) is 0.727. The average molecular weight is 178 g/mol. The summed E-state index contributed by atoms with van der Waals surface area (Å²) in [4.78, 5) is 0. The van der Waals surface area contributed by atoms with E-state index < -0.39 is 0 Å². The highest BCUT2D eigenvalue weighted by Crippen LogP contribution is 2.24. The van der Waals surface area contributed by atoms with Crippen molar-refractivity contribution in [1.82, 2.24) is 0 Å². The van der Waals surface area contributed by atoms with Crippen molar-refractivity contribution >= 4 is 6.08 Å². The minimum atomic E-state index is -0.00751. The number of phenols is 1. The van der Waals surface area contributed by atoms with E-state index in [1.54, 1.807) is 12.2 Å². The Balaban J connectivity index is 3.12. The maximum absolute atomic E-state index is 9.62. The second-order valence-electron chi connectivity index (χ2n) is 3.10. The van der Waals surface area contributed by atoms with Gasteiger partial charge in [0, 0.05) is 5.56 Å². The van der Waals surface area contributed by atoms with Crippen LogP contribution in [0.5, 0.6) is 5.75 Å². The number of phenolic OH excluding ortho intramolecular Hbond substituents is 1. The topological polar surface area (TPSA) is 40.5 Å². The van der Waals surface area contributed by atoms with E-state index in [4.69, 9.17) is 5.11 Å². The van der Waals surface area contributed by atoms with Gasteiger partial charge in [-0.1, -0.05) is 23.8 Å². The lowest BCUT2D eigenvalue weighted by molar-refractivity contribution is 0.343. The third kappa shape index (κ3) is 2.33. The molecule has 0 aromatic heterocycles. The van der Waals surface area contributed by atoms with Crippen LogP contribution in [0.4, 0.5) is 0 Å². The first-order chi connectivity index (χ1) is 6.15. The molecule has 0 bridgehead atoms. The maximum atomic E-state index is 9.62. The first-order valence-corrected chi connectivity index (χ1v) is 4.22. The summed E-state index contributed by atoms with van der Waals surface area (Å²) in [5.41, 5.74) is 2.72. The maximum Gasteiger partial charge on any atom is 0.125 e. The predicted molar refractivity (Wildman–Crippen MR) is 53.7 cm³/mol. The molecular formula is C11H14O2. The number of aliphatic hydroxyl groups is 1. The molecular weight excluding hydrogens is 164 g/mol. The van der Waals surface area contributed by atoms with Crippen molar-refractivity contribution in [1.29, 1.82) is 0 Å². The predicted octanol–water partition coefficient (Wildman–Crippen LogP) is 2.01. The molecule has 0 radical (unpaired) electrons. The fraction of sp³-hybridized carbons (Fsp3) is 0.273. The van der Waals surface area contributed by atoms with Crippen LogP contribution in [-0.4, -0.2) is 16.8 Å². The number of aromatic hydroxyl groups is 1. The summed E-state index contributed by atoms with van der Waals surface area (Å²) < 4.78 is 0. The summed E-state index contributed by atoms with van der Waals surface area (Å²) in [5, 5.41) is 18.2. The Kier molecular flexibility index (Phi) is 3.09. The summed E-state index contributed by atoms with van der Waals surface area (Å²) in [6.45, 7) is 3.83. The standard InChI is InChI=1S/C11H14O2/c1-8-6-9(2)11(13)10(7-8)4-3-5-12/h3-4,6-7,12-13H,5H2,1-2H3/b4-3-. The van der Waals surface area contributed by atoms with Crippen LogP contribution in [0.2, 0.25) is 0 Å². The van der Waals surface area contributed by atoms with Gasteiger partial charge in [-0.15, -0.1) is 0 Å². The molecule has 0 aliphatic rings. The summed E-state index contributed by atoms with van der Waals surface area (Å²) in [5.74, 6) is 0.287. The lowest BCUT2D eigenvalue weighted by Crippen LogP contribution is -1.83. The van der Waals surface area contributed by atoms with Gasteiger partial charge >= 0.3 is 0 Å². The van der Waals surface area contributed by atoms with Gasteiger partial charge in [-0.05, 0) is 25.5 Å². The van der Waals surface area contributed by atoms with Crippen molar-refractivity contribution in [2.75, 3.05) is 6.61 Å². The third-order valence-corrected chi connectivity index (χ3v) is 1.88. The number of benzene rings is 1. The number of hydrogen-bond donors (Lipinski definition) is 2. The molecule has 0 fully saturated rings. The average Bonchev–Trinajstić information content (AvgIpc) is 2.09. The molecule has 0 aliphatic carbocycles. The van der Waals surface area contributed by atoms with E-state index in [9.17, 15) is 5.11 Å². The van der Waals surface area contributed by atoms with Gasteiger partial charge in [0.1, 0.15) is 5.75 Å². The number of aryl methyl sites for hydroxylation is 2. The molecule has 0 unspecified atom stereocenters. The van der Waals surface area contributed by atoms with E-state index in [0.717, 1.165) is 16.7 Å². The summed E-state index contributed by atoms with van der Waals surface area (Å²) >= 11 is 0. The molecule has 1 aromatic carbocycles. The molecule has 0 amide bonds. The lowest BCUT2D eigenvalue weighted by atomic mass is 10.1. The fourth-order valence-electron chi connectivity index (χ4n) is 1.30. The van der Waals surface area contributed by atoms with Gasteiger partial charge < -0.3 is 10.2 Å². The molecule has 1 rings (SSSR count). The van der Waals surface area contributed by atoms with Crippen LogP contribution in [0.3, 0.4) is 0 Å². The Morgan fingerprint density at radius 2 is 2.00 bits per heavy atom. The van der Waals surface area contributed by atoms with E-state index in [0.29, 0.717) is 0 Å². The Labute approximate surface area is 78.2 Å². The smallest absolute Gasteiger partial charge is 0.125 e. The van der Waals surface area contributed by atoms with E-state index in [1.807, 2.05) is 26.0 Å². The van der Waals surface area contributed by atoms with Crippen LogP contribution >= 0.6 is 0 Å². The zero-order valence-electron chi connectivity index (χ0n) is 7.91. The zero-order valence-corrected chi connectivity index (χ0v) is 7.91. The zero-order chi connectivity index (χ0) is 9.84. The second kappa shape index (κ2) is 4.10. The Hall–Kier alpha value is -1.28. The van der Waals surface area contributed by atoms with Crippen LogP contribution in [0.1, 0.15) is 16.7 Å². The van der Waals surface area contributed by atoms with E-state index in [1.165, 1.54) is 0 Å². The minimum Gasteiger partial charge on any atom is -0.507 e. The van der Waals surface area contributed by atoms with Crippen molar-refractivity contribution < 1.29 is 10.2 Å². The van der Waals surface area contributed by atoms with Crippen molar-refractivity contribution in [3.05, 3.63) is 34.9 Å². The highest BCUT2D eigenvalue weighted by molar-refractivity contribution is 5.60. The summed E-state index contributed by atoms with van der Waals surface area (Å²) in [7, 11) is 0.